The highest BCUT2D eigenvalue weighted by molar-refractivity contribution is 7.26. The van der Waals surface area contributed by atoms with E-state index in [1.54, 1.807) is 0 Å². The van der Waals surface area contributed by atoms with Crippen LogP contribution in [0.4, 0.5) is 17.1 Å². The summed E-state index contributed by atoms with van der Waals surface area (Å²) in [6.07, 6.45) is 0. The lowest BCUT2D eigenvalue weighted by atomic mass is 9.90. The van der Waals surface area contributed by atoms with Gasteiger partial charge in [0.25, 0.3) is 0 Å². The standard InChI is InChI=1S/C50H33NS/c1-3-15-34(16-4-1)37-19-13-20-38(33-37)35-29-31-39(32-30-35)51(46-27-14-26-45-42-23-11-12-28-47(42)52-50(45)46)49-44-25-10-8-22-41(44)40-21-7-9-24-43(40)48(49)36-17-5-2-6-18-36/h1-33H. The molecule has 0 saturated heterocycles. The molecule has 52 heavy (non-hydrogen) atoms. The van der Waals surface area contributed by atoms with Crippen LogP contribution in [0.1, 0.15) is 0 Å². The van der Waals surface area contributed by atoms with Crippen molar-refractivity contribution >= 4 is 70.1 Å². The third kappa shape index (κ3) is 5.07. The van der Waals surface area contributed by atoms with Crippen LogP contribution in [-0.2, 0) is 0 Å². The van der Waals surface area contributed by atoms with Gasteiger partial charge in [0.05, 0.1) is 16.1 Å². The van der Waals surface area contributed by atoms with E-state index in [-0.39, 0.29) is 0 Å². The van der Waals surface area contributed by atoms with E-state index in [9.17, 15) is 0 Å². The van der Waals surface area contributed by atoms with E-state index in [0.717, 1.165) is 5.69 Å². The first kappa shape index (κ1) is 30.4. The predicted octanol–water partition coefficient (Wildman–Crippen LogP) is 14.8. The fourth-order valence-electron chi connectivity index (χ4n) is 7.86. The average molecular weight is 680 g/mol. The molecule has 0 aliphatic heterocycles. The molecule has 0 saturated carbocycles. The quantitative estimate of drug-likeness (QED) is 0.158. The maximum atomic E-state index is 2.53. The number of benzene rings is 9. The zero-order chi connectivity index (χ0) is 34.4. The number of thiophene rings is 1. The van der Waals surface area contributed by atoms with E-state index in [1.807, 2.05) is 11.3 Å². The number of hydrogen-bond acceptors (Lipinski definition) is 2. The first-order valence-electron chi connectivity index (χ1n) is 17.8. The Balaban J connectivity index is 1.26. The van der Waals surface area contributed by atoms with Gasteiger partial charge in [-0.2, -0.15) is 0 Å². The van der Waals surface area contributed by atoms with Gasteiger partial charge >= 0.3 is 0 Å². The van der Waals surface area contributed by atoms with Gasteiger partial charge in [0, 0.05) is 32.1 Å². The van der Waals surface area contributed by atoms with Gasteiger partial charge < -0.3 is 4.90 Å². The molecule has 1 aromatic heterocycles. The molecule has 10 rings (SSSR count). The molecule has 0 radical (unpaired) electrons. The maximum Gasteiger partial charge on any atom is 0.0640 e. The summed E-state index contributed by atoms with van der Waals surface area (Å²) in [5, 5.41) is 7.54. The molecule has 1 heterocycles. The molecule has 0 N–H and O–H groups in total. The monoisotopic (exact) mass is 679 g/mol. The third-order valence-electron chi connectivity index (χ3n) is 10.2. The van der Waals surface area contributed by atoms with Crippen LogP contribution in [0, 0.1) is 0 Å². The van der Waals surface area contributed by atoms with Crippen LogP contribution < -0.4 is 4.90 Å². The fraction of sp³-hybridized carbons (Fsp3) is 0. The van der Waals surface area contributed by atoms with E-state index in [1.165, 1.54) is 86.5 Å². The molecule has 0 fully saturated rings. The smallest absolute Gasteiger partial charge is 0.0640 e. The summed E-state index contributed by atoms with van der Waals surface area (Å²) in [5.41, 5.74) is 10.7. The van der Waals surface area contributed by atoms with Crippen LogP contribution in [-0.4, -0.2) is 0 Å². The van der Waals surface area contributed by atoms with Crippen molar-refractivity contribution in [3.05, 3.63) is 200 Å². The largest absolute Gasteiger partial charge is 0.308 e. The molecule has 244 valence electrons. The zero-order valence-electron chi connectivity index (χ0n) is 28.4. The molecule has 0 atom stereocenters. The molecule has 9 aromatic carbocycles. The van der Waals surface area contributed by atoms with Gasteiger partial charge in [-0.05, 0) is 74.3 Å². The molecule has 0 spiro atoms. The van der Waals surface area contributed by atoms with Crippen molar-refractivity contribution in [2.75, 3.05) is 4.90 Å². The first-order valence-corrected chi connectivity index (χ1v) is 18.6. The molecule has 0 aliphatic carbocycles. The number of fused-ring (bicyclic) bond motifs is 6. The lowest BCUT2D eigenvalue weighted by Gasteiger charge is -2.31. The third-order valence-corrected chi connectivity index (χ3v) is 11.5. The highest BCUT2D eigenvalue weighted by Crippen LogP contribution is 2.52. The maximum absolute atomic E-state index is 2.53. The van der Waals surface area contributed by atoms with Gasteiger partial charge in [0.1, 0.15) is 0 Å². The molecule has 0 aliphatic rings. The normalized spacial score (nSPS) is 11.5. The molecular weight excluding hydrogens is 647 g/mol. The molecule has 2 heteroatoms. The molecule has 1 nitrogen and oxygen atoms in total. The second kappa shape index (κ2) is 12.7. The summed E-state index contributed by atoms with van der Waals surface area (Å²) in [5.74, 6) is 0. The van der Waals surface area contributed by atoms with E-state index < -0.39 is 0 Å². The van der Waals surface area contributed by atoms with E-state index in [2.05, 4.69) is 205 Å². The second-order valence-electron chi connectivity index (χ2n) is 13.3. The Kier molecular flexibility index (Phi) is 7.41. The van der Waals surface area contributed by atoms with Gasteiger partial charge in [0.2, 0.25) is 0 Å². The van der Waals surface area contributed by atoms with E-state index in [0.29, 0.717) is 0 Å². The van der Waals surface area contributed by atoms with Crippen molar-refractivity contribution in [2.24, 2.45) is 0 Å². The molecule has 0 bridgehead atoms. The molecule has 0 amide bonds. The minimum absolute atomic E-state index is 1.12. The zero-order valence-corrected chi connectivity index (χ0v) is 29.2. The Labute approximate surface area is 307 Å². The van der Waals surface area contributed by atoms with Crippen molar-refractivity contribution in [1.29, 1.82) is 0 Å². The fourth-order valence-corrected chi connectivity index (χ4v) is 9.07. The minimum atomic E-state index is 1.12. The van der Waals surface area contributed by atoms with Gasteiger partial charge in [0.15, 0.2) is 0 Å². The van der Waals surface area contributed by atoms with Crippen molar-refractivity contribution in [3.8, 4) is 33.4 Å². The van der Waals surface area contributed by atoms with Gasteiger partial charge in [-0.1, -0.05) is 170 Å². The van der Waals surface area contributed by atoms with Crippen molar-refractivity contribution < 1.29 is 0 Å². The van der Waals surface area contributed by atoms with Gasteiger partial charge in [-0.15, -0.1) is 11.3 Å². The first-order chi connectivity index (χ1) is 25.8. The van der Waals surface area contributed by atoms with Crippen molar-refractivity contribution in [3.63, 3.8) is 0 Å². The van der Waals surface area contributed by atoms with Crippen molar-refractivity contribution in [1.82, 2.24) is 0 Å². The van der Waals surface area contributed by atoms with Crippen LogP contribution in [0.3, 0.4) is 0 Å². The summed E-state index contributed by atoms with van der Waals surface area (Å²) in [4.78, 5) is 2.53. The Morgan fingerprint density at radius 1 is 0.327 bits per heavy atom. The SMILES string of the molecule is c1ccc(-c2cccc(-c3ccc(N(c4c(-c5ccccc5)c5ccccc5c5ccccc45)c4cccc5c4sc4ccccc45)cc3)c2)cc1. The van der Waals surface area contributed by atoms with Crippen LogP contribution in [0.2, 0.25) is 0 Å². The summed E-state index contributed by atoms with van der Waals surface area (Å²) in [6, 6.07) is 72.9. The van der Waals surface area contributed by atoms with Gasteiger partial charge in [-0.3, -0.25) is 0 Å². The number of rotatable bonds is 6. The van der Waals surface area contributed by atoms with Crippen LogP contribution in [0.25, 0.3) is 75.1 Å². The van der Waals surface area contributed by atoms with E-state index in [4.69, 9.17) is 0 Å². The lowest BCUT2D eigenvalue weighted by molar-refractivity contribution is 1.32. The Bertz CT molecular complexity index is 2890. The summed E-state index contributed by atoms with van der Waals surface area (Å²) in [6.45, 7) is 0. The van der Waals surface area contributed by atoms with Crippen LogP contribution in [0.5, 0.6) is 0 Å². The highest BCUT2D eigenvalue weighted by atomic mass is 32.1. The summed E-state index contributed by atoms with van der Waals surface area (Å²) >= 11 is 1.87. The molecule has 10 aromatic rings. The second-order valence-corrected chi connectivity index (χ2v) is 14.3. The number of hydrogen-bond donors (Lipinski definition) is 0. The van der Waals surface area contributed by atoms with E-state index >= 15 is 0 Å². The Morgan fingerprint density at radius 3 is 1.54 bits per heavy atom. The Morgan fingerprint density at radius 2 is 0.827 bits per heavy atom. The van der Waals surface area contributed by atoms with Gasteiger partial charge in [-0.25, -0.2) is 0 Å². The highest BCUT2D eigenvalue weighted by Gasteiger charge is 2.25. The van der Waals surface area contributed by atoms with Crippen LogP contribution in [0.15, 0.2) is 200 Å². The lowest BCUT2D eigenvalue weighted by Crippen LogP contribution is -2.12. The Hall–Kier alpha value is -6.48. The predicted molar refractivity (Wildman–Crippen MR) is 225 cm³/mol. The number of nitrogens with zero attached hydrogens (tertiary/aromatic N) is 1. The molecular formula is C50H33NS. The average Bonchev–Trinajstić information content (AvgIpc) is 3.61. The number of anilines is 3. The van der Waals surface area contributed by atoms with Crippen molar-refractivity contribution in [2.45, 2.75) is 0 Å². The minimum Gasteiger partial charge on any atom is -0.308 e. The summed E-state index contributed by atoms with van der Waals surface area (Å²) < 4.78 is 2.57. The summed E-state index contributed by atoms with van der Waals surface area (Å²) in [7, 11) is 0. The topological polar surface area (TPSA) is 3.24 Å². The molecule has 0 unspecified atom stereocenters. The van der Waals surface area contributed by atoms with Crippen LogP contribution >= 0.6 is 11.3 Å².